The molecule has 9 nitrogen and oxygen atoms in total. The highest BCUT2D eigenvalue weighted by Crippen LogP contribution is 2.31. The lowest BCUT2D eigenvalue weighted by Gasteiger charge is -2.24. The minimum absolute atomic E-state index is 0.238. The first-order valence-corrected chi connectivity index (χ1v) is 11.2. The van der Waals surface area contributed by atoms with Crippen molar-refractivity contribution in [2.24, 2.45) is 0 Å². The Morgan fingerprint density at radius 1 is 1.33 bits per heavy atom. The van der Waals surface area contributed by atoms with E-state index in [9.17, 15) is 24.6 Å². The standard InChI is InChI=1S/C23H31ClO9/c1-13(9-21(28)29)8-18(27)23-20-10-17(32-23)7-6-16(24)5-3-4-15(12-25)19(31-14(2)26)11-22(30)33-20/h4-5,8,17-20,23,25,27H,3,6-7,9-12H2,1-2H3,(H,28,29)/b13-8+,15-4?,16-5+/t17-,18-,19-,20-,23-/m1/s1. The number of hydrogen-bond acceptors (Lipinski definition) is 8. The minimum atomic E-state index is -1.19. The van der Waals surface area contributed by atoms with Gasteiger partial charge in [-0.15, -0.1) is 0 Å². The molecule has 0 aliphatic carbocycles. The number of carbonyl (C=O) groups excluding carboxylic acids is 2. The molecule has 0 aromatic heterocycles. The van der Waals surface area contributed by atoms with Gasteiger partial charge in [-0.2, -0.15) is 0 Å². The maximum Gasteiger partial charge on any atom is 0.310 e. The molecule has 0 amide bonds. The number of allylic oxidation sites excluding steroid dienone is 3. The fourth-order valence-electron chi connectivity index (χ4n) is 3.90. The van der Waals surface area contributed by atoms with Gasteiger partial charge < -0.3 is 29.5 Å². The Hall–Kier alpha value is -2.20. The van der Waals surface area contributed by atoms with Gasteiger partial charge in [0.25, 0.3) is 0 Å². The Balaban J connectivity index is 2.28. The molecule has 2 aliphatic heterocycles. The number of aliphatic hydroxyl groups excluding tert-OH is 2. The van der Waals surface area contributed by atoms with Crippen LogP contribution in [0, 0.1) is 0 Å². The maximum atomic E-state index is 12.7. The van der Waals surface area contributed by atoms with Crippen LogP contribution >= 0.6 is 11.6 Å². The Labute approximate surface area is 197 Å². The monoisotopic (exact) mass is 486 g/mol. The molecule has 3 N–H and O–H groups in total. The maximum absolute atomic E-state index is 12.7. The zero-order valence-electron chi connectivity index (χ0n) is 18.7. The molecule has 0 unspecified atom stereocenters. The van der Waals surface area contributed by atoms with E-state index in [-0.39, 0.29) is 18.9 Å². The molecule has 0 saturated carbocycles. The van der Waals surface area contributed by atoms with Crippen LogP contribution in [0.1, 0.15) is 52.4 Å². The first-order chi connectivity index (χ1) is 15.6. The lowest BCUT2D eigenvalue weighted by Crippen LogP contribution is -2.37. The molecule has 1 saturated heterocycles. The summed E-state index contributed by atoms with van der Waals surface area (Å²) in [4.78, 5) is 35.2. The SMILES string of the molecule is CC(=O)O[C@@H]1CC(=O)O[C@@H]2C[C@@H](CC/C(Cl)=C\CC=C1CO)O[C@@H]2[C@H](O)/C=C(\C)CC(=O)O. The Morgan fingerprint density at radius 2 is 2.06 bits per heavy atom. The molecule has 5 atom stereocenters. The van der Waals surface area contributed by atoms with E-state index in [2.05, 4.69) is 0 Å². The lowest BCUT2D eigenvalue weighted by atomic mass is 10.0. The van der Waals surface area contributed by atoms with Gasteiger partial charge >= 0.3 is 17.9 Å². The number of ether oxygens (including phenoxy) is 3. The van der Waals surface area contributed by atoms with Crippen molar-refractivity contribution in [2.75, 3.05) is 6.61 Å². The van der Waals surface area contributed by atoms with E-state index in [0.717, 1.165) is 0 Å². The number of aliphatic carboxylic acids is 1. The van der Waals surface area contributed by atoms with Gasteiger partial charge in [-0.25, -0.2) is 0 Å². The molecule has 184 valence electrons. The van der Waals surface area contributed by atoms with E-state index in [4.69, 9.17) is 30.9 Å². The molecule has 0 aromatic carbocycles. The minimum Gasteiger partial charge on any atom is -0.481 e. The summed E-state index contributed by atoms with van der Waals surface area (Å²) in [5.41, 5.74) is 0.793. The van der Waals surface area contributed by atoms with Gasteiger partial charge in [0.2, 0.25) is 0 Å². The average Bonchev–Trinajstić information content (AvgIpc) is 3.10. The number of halogens is 1. The molecule has 2 heterocycles. The summed E-state index contributed by atoms with van der Waals surface area (Å²) < 4.78 is 16.8. The number of aliphatic hydroxyl groups is 2. The number of esters is 2. The van der Waals surface area contributed by atoms with Crippen molar-refractivity contribution in [3.63, 3.8) is 0 Å². The van der Waals surface area contributed by atoms with Crippen LogP contribution in [0.5, 0.6) is 0 Å². The quantitative estimate of drug-likeness (QED) is 0.381. The Bertz CT molecular complexity index is 817. The Morgan fingerprint density at radius 3 is 2.70 bits per heavy atom. The molecular weight excluding hydrogens is 456 g/mol. The fourth-order valence-corrected chi connectivity index (χ4v) is 4.10. The summed E-state index contributed by atoms with van der Waals surface area (Å²) in [6, 6.07) is 0. The fraction of sp³-hybridized carbons (Fsp3) is 0.609. The van der Waals surface area contributed by atoms with E-state index in [1.807, 2.05) is 0 Å². The summed E-state index contributed by atoms with van der Waals surface area (Å²) in [5, 5.41) is 29.9. The Kier molecular flexibility index (Phi) is 10.6. The third kappa shape index (κ3) is 8.92. The highest BCUT2D eigenvalue weighted by atomic mass is 35.5. The van der Waals surface area contributed by atoms with Gasteiger partial charge in [-0.3, -0.25) is 14.4 Å². The molecule has 10 heteroatoms. The number of carboxylic acid groups (broad SMARTS) is 1. The van der Waals surface area contributed by atoms with Crippen molar-refractivity contribution in [3.8, 4) is 0 Å². The molecule has 0 aromatic rings. The zero-order valence-corrected chi connectivity index (χ0v) is 19.5. The summed E-state index contributed by atoms with van der Waals surface area (Å²) >= 11 is 6.30. The van der Waals surface area contributed by atoms with Crippen molar-refractivity contribution >= 4 is 29.5 Å². The molecule has 2 rings (SSSR count). The van der Waals surface area contributed by atoms with E-state index < -0.39 is 48.9 Å². The van der Waals surface area contributed by atoms with E-state index in [1.54, 1.807) is 19.1 Å². The summed E-state index contributed by atoms with van der Waals surface area (Å²) in [7, 11) is 0. The molecule has 0 spiro atoms. The van der Waals surface area contributed by atoms with E-state index in [0.29, 0.717) is 41.9 Å². The number of hydrogen-bond donors (Lipinski definition) is 3. The van der Waals surface area contributed by atoms with Crippen molar-refractivity contribution in [1.82, 2.24) is 0 Å². The molecule has 33 heavy (non-hydrogen) atoms. The van der Waals surface area contributed by atoms with Crippen LogP contribution < -0.4 is 0 Å². The van der Waals surface area contributed by atoms with Crippen LogP contribution in [-0.2, 0) is 28.6 Å². The van der Waals surface area contributed by atoms with Crippen molar-refractivity contribution in [1.29, 1.82) is 0 Å². The third-order valence-electron chi connectivity index (χ3n) is 5.40. The van der Waals surface area contributed by atoms with Crippen molar-refractivity contribution in [3.05, 3.63) is 34.4 Å². The molecule has 1 fully saturated rings. The van der Waals surface area contributed by atoms with Crippen LogP contribution in [-0.4, -0.2) is 70.4 Å². The number of fused-ring (bicyclic) bond motifs is 2. The highest BCUT2D eigenvalue weighted by Gasteiger charge is 2.41. The topological polar surface area (TPSA) is 140 Å². The molecule has 2 aliphatic rings. The third-order valence-corrected chi connectivity index (χ3v) is 5.74. The van der Waals surface area contributed by atoms with Crippen LogP contribution in [0.3, 0.4) is 0 Å². The highest BCUT2D eigenvalue weighted by molar-refractivity contribution is 6.29. The molecule has 0 radical (unpaired) electrons. The normalized spacial score (nSPS) is 29.7. The largest absolute Gasteiger partial charge is 0.481 e. The van der Waals surface area contributed by atoms with Crippen LogP contribution in [0.2, 0.25) is 0 Å². The second-order valence-electron chi connectivity index (χ2n) is 8.23. The zero-order chi connectivity index (χ0) is 24.5. The smallest absolute Gasteiger partial charge is 0.310 e. The van der Waals surface area contributed by atoms with Crippen LogP contribution in [0.25, 0.3) is 0 Å². The van der Waals surface area contributed by atoms with Crippen LogP contribution in [0.15, 0.2) is 34.4 Å². The van der Waals surface area contributed by atoms with Crippen LogP contribution in [0.4, 0.5) is 0 Å². The number of rotatable bonds is 6. The van der Waals surface area contributed by atoms with Crippen molar-refractivity contribution in [2.45, 2.75) is 82.9 Å². The predicted molar refractivity (Wildman–Crippen MR) is 118 cm³/mol. The summed E-state index contributed by atoms with van der Waals surface area (Å²) in [5.74, 6) is -2.32. The first kappa shape index (κ1) is 27.0. The average molecular weight is 487 g/mol. The summed E-state index contributed by atoms with van der Waals surface area (Å²) in [6.45, 7) is 2.37. The number of carboxylic acids is 1. The second-order valence-corrected chi connectivity index (χ2v) is 8.71. The number of carbonyl (C=O) groups is 3. The second kappa shape index (κ2) is 12.9. The van der Waals surface area contributed by atoms with E-state index in [1.165, 1.54) is 13.0 Å². The first-order valence-electron chi connectivity index (χ1n) is 10.8. The van der Waals surface area contributed by atoms with Gasteiger partial charge in [-0.1, -0.05) is 35.4 Å². The van der Waals surface area contributed by atoms with Gasteiger partial charge in [-0.05, 0) is 31.8 Å². The lowest BCUT2D eigenvalue weighted by molar-refractivity contribution is -0.159. The van der Waals surface area contributed by atoms with Gasteiger partial charge in [0, 0.05) is 18.4 Å². The predicted octanol–water partition coefficient (Wildman–Crippen LogP) is 2.38. The van der Waals surface area contributed by atoms with Gasteiger partial charge in [0.15, 0.2) is 0 Å². The summed E-state index contributed by atoms with van der Waals surface area (Å²) in [6.07, 6.45) is 1.79. The van der Waals surface area contributed by atoms with Gasteiger partial charge in [0.1, 0.15) is 24.4 Å². The molecular formula is C23H31ClO9. The molecule has 2 bridgehead atoms. The van der Waals surface area contributed by atoms with E-state index >= 15 is 0 Å². The van der Waals surface area contributed by atoms with Gasteiger partial charge in [0.05, 0.1) is 25.6 Å². The van der Waals surface area contributed by atoms with Crippen molar-refractivity contribution < 1.29 is 43.9 Å².